The molecule has 67 valence electrons. The Kier molecular flexibility index (Phi) is 1.55. The number of hydrogen-bond acceptors (Lipinski definition) is 1. The van der Waals surface area contributed by atoms with Crippen molar-refractivity contribution in [2.24, 2.45) is 0 Å². The Morgan fingerprint density at radius 1 is 1.14 bits per heavy atom. The van der Waals surface area contributed by atoms with Gasteiger partial charge in [0.05, 0.1) is 0 Å². The van der Waals surface area contributed by atoms with Crippen LogP contribution in [0.2, 0.25) is 5.02 Å². The largest absolute Gasteiger partial charge is 0.456 e. The maximum absolute atomic E-state index is 5.92. The lowest BCUT2D eigenvalue weighted by molar-refractivity contribution is 0.669. The first-order valence-electron chi connectivity index (χ1n) is 4.33. The van der Waals surface area contributed by atoms with E-state index in [-0.39, 0.29) is 0 Å². The number of furan rings is 1. The Labute approximate surface area is 85.9 Å². The minimum absolute atomic E-state index is 0.720. The quantitative estimate of drug-likeness (QED) is 0.535. The first kappa shape index (κ1) is 7.89. The van der Waals surface area contributed by atoms with Gasteiger partial charge in [0.25, 0.3) is 0 Å². The number of rotatable bonds is 0. The van der Waals surface area contributed by atoms with E-state index in [4.69, 9.17) is 16.0 Å². The first-order valence-corrected chi connectivity index (χ1v) is 4.71. The van der Waals surface area contributed by atoms with Crippen molar-refractivity contribution in [3.05, 3.63) is 47.5 Å². The highest BCUT2D eigenvalue weighted by Crippen LogP contribution is 2.29. The monoisotopic (exact) mass is 201 g/mol. The van der Waals surface area contributed by atoms with E-state index in [1.807, 2.05) is 36.4 Å². The van der Waals surface area contributed by atoms with Crippen LogP contribution in [0.5, 0.6) is 0 Å². The molecule has 0 bridgehead atoms. The van der Waals surface area contributed by atoms with Crippen molar-refractivity contribution in [2.45, 2.75) is 0 Å². The van der Waals surface area contributed by atoms with Gasteiger partial charge in [0.1, 0.15) is 11.2 Å². The molecule has 2 heteroatoms. The highest BCUT2D eigenvalue weighted by atomic mass is 35.5. The molecule has 14 heavy (non-hydrogen) atoms. The highest BCUT2D eigenvalue weighted by Gasteiger charge is 2.05. The van der Waals surface area contributed by atoms with Crippen LogP contribution in [0, 0.1) is 6.07 Å². The smallest absolute Gasteiger partial charge is 0.136 e. The molecule has 0 unspecified atom stereocenters. The Morgan fingerprint density at radius 3 is 3.00 bits per heavy atom. The van der Waals surface area contributed by atoms with Crippen LogP contribution in [0.25, 0.3) is 21.9 Å². The third-order valence-electron chi connectivity index (χ3n) is 2.25. The number of halogens is 1. The van der Waals surface area contributed by atoms with E-state index in [0.29, 0.717) is 0 Å². The Hall–Kier alpha value is -1.47. The standard InChI is InChI=1S/C12H6ClO/c13-8-5-6-12-10(7-8)9-3-1-2-4-11(9)14-12/h1-2,4-7H. The van der Waals surface area contributed by atoms with Crippen LogP contribution in [0.15, 0.2) is 40.8 Å². The van der Waals surface area contributed by atoms with E-state index < -0.39 is 0 Å². The maximum atomic E-state index is 5.92. The van der Waals surface area contributed by atoms with Gasteiger partial charge in [-0.15, -0.1) is 0 Å². The summed E-state index contributed by atoms with van der Waals surface area (Å²) < 4.78 is 5.62. The zero-order valence-corrected chi connectivity index (χ0v) is 8.01. The molecule has 2 aromatic carbocycles. The molecule has 0 amide bonds. The fraction of sp³-hybridized carbons (Fsp3) is 0. The van der Waals surface area contributed by atoms with Gasteiger partial charge in [0, 0.05) is 15.8 Å². The second kappa shape index (κ2) is 2.76. The molecule has 0 spiro atoms. The van der Waals surface area contributed by atoms with Gasteiger partial charge in [0.15, 0.2) is 0 Å². The summed E-state index contributed by atoms with van der Waals surface area (Å²) in [6.45, 7) is 0. The molecule has 1 nitrogen and oxygen atoms in total. The number of benzene rings is 2. The molecule has 0 aliphatic heterocycles. The molecule has 0 saturated heterocycles. The molecule has 1 heterocycles. The van der Waals surface area contributed by atoms with Gasteiger partial charge in [-0.05, 0) is 30.3 Å². The fourth-order valence-corrected chi connectivity index (χ4v) is 1.79. The summed E-state index contributed by atoms with van der Waals surface area (Å²) in [6, 6.07) is 14.5. The summed E-state index contributed by atoms with van der Waals surface area (Å²) in [4.78, 5) is 0. The molecule has 1 radical (unpaired) electrons. The molecular weight excluding hydrogens is 196 g/mol. The van der Waals surface area contributed by atoms with Gasteiger partial charge in [0.2, 0.25) is 0 Å². The van der Waals surface area contributed by atoms with Gasteiger partial charge < -0.3 is 4.42 Å². The molecule has 3 aromatic rings. The topological polar surface area (TPSA) is 13.1 Å². The van der Waals surface area contributed by atoms with E-state index in [1.165, 1.54) is 0 Å². The van der Waals surface area contributed by atoms with E-state index in [1.54, 1.807) is 0 Å². The molecule has 0 aliphatic rings. The summed E-state index contributed by atoms with van der Waals surface area (Å²) in [6.07, 6.45) is 0. The molecule has 0 N–H and O–H groups in total. The van der Waals surface area contributed by atoms with Crippen LogP contribution < -0.4 is 0 Å². The normalized spacial score (nSPS) is 11.2. The van der Waals surface area contributed by atoms with Crippen molar-refractivity contribution in [1.29, 1.82) is 0 Å². The van der Waals surface area contributed by atoms with Crippen LogP contribution in [0.3, 0.4) is 0 Å². The Morgan fingerprint density at radius 2 is 2.07 bits per heavy atom. The van der Waals surface area contributed by atoms with Gasteiger partial charge in [-0.2, -0.15) is 0 Å². The third kappa shape index (κ3) is 1.03. The van der Waals surface area contributed by atoms with E-state index in [0.717, 1.165) is 27.0 Å². The lowest BCUT2D eigenvalue weighted by Crippen LogP contribution is -1.66. The zero-order chi connectivity index (χ0) is 9.54. The van der Waals surface area contributed by atoms with Gasteiger partial charge >= 0.3 is 0 Å². The third-order valence-corrected chi connectivity index (χ3v) is 2.48. The van der Waals surface area contributed by atoms with Crippen LogP contribution in [0.4, 0.5) is 0 Å². The number of hydrogen-bond donors (Lipinski definition) is 0. The highest BCUT2D eigenvalue weighted by molar-refractivity contribution is 6.31. The molecule has 3 rings (SSSR count). The summed E-state index contributed by atoms with van der Waals surface area (Å²) in [7, 11) is 0. The number of fused-ring (bicyclic) bond motifs is 3. The summed E-state index contributed by atoms with van der Waals surface area (Å²) in [5.74, 6) is 0. The maximum Gasteiger partial charge on any atom is 0.136 e. The molecule has 1 aromatic heterocycles. The van der Waals surface area contributed by atoms with Crippen LogP contribution in [-0.2, 0) is 0 Å². The summed E-state index contributed by atoms with van der Waals surface area (Å²) in [5.41, 5.74) is 1.71. The second-order valence-corrected chi connectivity index (χ2v) is 3.59. The zero-order valence-electron chi connectivity index (χ0n) is 7.25. The minimum Gasteiger partial charge on any atom is -0.456 e. The predicted octanol–water partition coefficient (Wildman–Crippen LogP) is 4.04. The molecule has 0 aliphatic carbocycles. The molecule has 0 fully saturated rings. The average molecular weight is 202 g/mol. The van der Waals surface area contributed by atoms with Crippen molar-refractivity contribution >= 4 is 33.5 Å². The average Bonchev–Trinajstić information content (AvgIpc) is 2.56. The van der Waals surface area contributed by atoms with Gasteiger partial charge in [-0.25, -0.2) is 0 Å². The van der Waals surface area contributed by atoms with Gasteiger partial charge in [-0.1, -0.05) is 23.7 Å². The van der Waals surface area contributed by atoms with E-state index in [2.05, 4.69) is 6.07 Å². The first-order chi connectivity index (χ1) is 6.84. The molecule has 0 atom stereocenters. The van der Waals surface area contributed by atoms with Crippen LogP contribution in [0.1, 0.15) is 0 Å². The van der Waals surface area contributed by atoms with Crippen LogP contribution >= 0.6 is 11.6 Å². The Balaban J connectivity index is 2.58. The summed E-state index contributed by atoms with van der Waals surface area (Å²) >= 11 is 5.92. The van der Waals surface area contributed by atoms with E-state index in [9.17, 15) is 0 Å². The van der Waals surface area contributed by atoms with Crippen molar-refractivity contribution in [3.63, 3.8) is 0 Å². The molecule has 0 saturated carbocycles. The second-order valence-electron chi connectivity index (χ2n) is 3.15. The van der Waals surface area contributed by atoms with Crippen molar-refractivity contribution < 1.29 is 4.42 Å². The fourth-order valence-electron chi connectivity index (χ4n) is 1.62. The SMILES string of the molecule is Clc1ccc2oc3ccc[c]c3c2c1. The van der Waals surface area contributed by atoms with Crippen molar-refractivity contribution in [2.75, 3.05) is 0 Å². The molecular formula is C12H6ClO. The predicted molar refractivity (Wildman–Crippen MR) is 57.6 cm³/mol. The van der Waals surface area contributed by atoms with Crippen molar-refractivity contribution in [3.8, 4) is 0 Å². The lowest BCUT2D eigenvalue weighted by Gasteiger charge is -1.88. The van der Waals surface area contributed by atoms with Crippen LogP contribution in [-0.4, -0.2) is 0 Å². The Bertz CT molecular complexity index is 610. The lowest BCUT2D eigenvalue weighted by atomic mass is 10.2. The van der Waals surface area contributed by atoms with Gasteiger partial charge in [-0.3, -0.25) is 0 Å². The summed E-state index contributed by atoms with van der Waals surface area (Å²) in [5, 5.41) is 2.73. The van der Waals surface area contributed by atoms with Crippen molar-refractivity contribution in [1.82, 2.24) is 0 Å². The van der Waals surface area contributed by atoms with E-state index >= 15 is 0 Å². The minimum atomic E-state index is 0.720.